The minimum Gasteiger partial charge on any atom is -0.444 e. The number of piperazine rings is 1. The van der Waals surface area contributed by atoms with E-state index in [4.69, 9.17) is 10.5 Å². The molecule has 2 heterocycles. The van der Waals surface area contributed by atoms with E-state index in [1.54, 1.807) is 4.90 Å². The second-order valence-corrected chi connectivity index (χ2v) is 8.99. The average molecular weight is 495 g/mol. The van der Waals surface area contributed by atoms with Crippen LogP contribution in [0.2, 0.25) is 0 Å². The van der Waals surface area contributed by atoms with Crippen molar-refractivity contribution in [1.29, 1.82) is 0 Å². The van der Waals surface area contributed by atoms with Crippen LogP contribution in [0.1, 0.15) is 53.9 Å². The lowest BCUT2D eigenvalue weighted by Crippen LogP contribution is -2.54. The standard InChI is InChI=1S/C19H37N5O2.HI/c1-18(2,3)26-17(25)23-13-11-22(12-14-23)16(20)21-15-19(4,5)24-9-7-6-8-10-24;/h6-15H2,1-5H3,(H2,20,21);1H. The lowest BCUT2D eigenvalue weighted by Gasteiger charge is -2.40. The Hall–Kier alpha value is -0.770. The van der Waals surface area contributed by atoms with Crippen molar-refractivity contribution >= 4 is 36.0 Å². The van der Waals surface area contributed by atoms with Crippen LogP contribution in [0.15, 0.2) is 4.99 Å². The molecule has 158 valence electrons. The maximum Gasteiger partial charge on any atom is 0.410 e. The Balaban J connectivity index is 0.00000364. The van der Waals surface area contributed by atoms with E-state index >= 15 is 0 Å². The summed E-state index contributed by atoms with van der Waals surface area (Å²) in [4.78, 5) is 23.1. The van der Waals surface area contributed by atoms with E-state index in [0.29, 0.717) is 38.7 Å². The molecule has 0 spiro atoms. The molecule has 0 radical (unpaired) electrons. The van der Waals surface area contributed by atoms with Crippen LogP contribution >= 0.6 is 24.0 Å². The molecular formula is C19H38IN5O2. The number of nitrogens with two attached hydrogens (primary N) is 1. The number of halogens is 1. The Labute approximate surface area is 181 Å². The number of hydrogen-bond acceptors (Lipinski definition) is 4. The molecular weight excluding hydrogens is 457 g/mol. The summed E-state index contributed by atoms with van der Waals surface area (Å²) in [5.74, 6) is 0.582. The van der Waals surface area contributed by atoms with E-state index in [9.17, 15) is 4.79 Å². The largest absolute Gasteiger partial charge is 0.444 e. The summed E-state index contributed by atoms with van der Waals surface area (Å²) in [6.07, 6.45) is 3.63. The third-order valence-electron chi connectivity index (χ3n) is 5.10. The first kappa shape index (κ1) is 24.3. The van der Waals surface area contributed by atoms with Gasteiger partial charge in [0.1, 0.15) is 5.60 Å². The van der Waals surface area contributed by atoms with Gasteiger partial charge in [0.15, 0.2) is 5.96 Å². The number of carbonyl (C=O) groups is 1. The molecule has 0 bridgehead atoms. The molecule has 1 amide bonds. The number of carbonyl (C=O) groups excluding carboxylic acids is 1. The molecule has 0 unspecified atom stereocenters. The molecule has 0 aromatic heterocycles. The maximum atomic E-state index is 12.1. The summed E-state index contributed by atoms with van der Waals surface area (Å²) in [5.41, 5.74) is 5.80. The topological polar surface area (TPSA) is 74.4 Å². The lowest BCUT2D eigenvalue weighted by atomic mass is 9.99. The zero-order valence-electron chi connectivity index (χ0n) is 17.7. The third-order valence-corrected chi connectivity index (χ3v) is 5.10. The highest BCUT2D eigenvalue weighted by molar-refractivity contribution is 14.0. The number of nitrogens with zero attached hydrogens (tertiary/aromatic N) is 4. The number of hydrogen-bond donors (Lipinski definition) is 1. The number of ether oxygens (including phenoxy) is 1. The molecule has 0 atom stereocenters. The molecule has 0 aliphatic carbocycles. The molecule has 0 aromatic rings. The summed E-state index contributed by atoms with van der Waals surface area (Å²) >= 11 is 0. The van der Waals surface area contributed by atoms with E-state index in [0.717, 1.165) is 13.1 Å². The highest BCUT2D eigenvalue weighted by Gasteiger charge is 2.29. The number of rotatable bonds is 3. The van der Waals surface area contributed by atoms with Gasteiger partial charge in [-0.25, -0.2) is 4.79 Å². The normalized spacial score (nSPS) is 20.3. The van der Waals surface area contributed by atoms with E-state index in [2.05, 4.69) is 28.6 Å². The monoisotopic (exact) mass is 495 g/mol. The van der Waals surface area contributed by atoms with E-state index in [-0.39, 0.29) is 35.6 Å². The molecule has 0 aromatic carbocycles. The van der Waals surface area contributed by atoms with Crippen molar-refractivity contribution in [2.75, 3.05) is 45.8 Å². The van der Waals surface area contributed by atoms with Crippen LogP contribution in [0, 0.1) is 0 Å². The number of likely N-dealkylation sites (tertiary alicyclic amines) is 1. The molecule has 2 N–H and O–H groups in total. The molecule has 2 aliphatic rings. The smallest absolute Gasteiger partial charge is 0.410 e. The first-order chi connectivity index (χ1) is 12.1. The van der Waals surface area contributed by atoms with Crippen LogP contribution in [-0.4, -0.2) is 83.7 Å². The van der Waals surface area contributed by atoms with Gasteiger partial charge in [0, 0.05) is 31.7 Å². The van der Waals surface area contributed by atoms with Gasteiger partial charge in [-0.3, -0.25) is 9.89 Å². The summed E-state index contributed by atoms with van der Waals surface area (Å²) in [6, 6.07) is 0. The highest BCUT2D eigenvalue weighted by Crippen LogP contribution is 2.21. The Morgan fingerprint density at radius 2 is 1.44 bits per heavy atom. The van der Waals surface area contributed by atoms with Gasteiger partial charge in [-0.15, -0.1) is 24.0 Å². The first-order valence-corrected chi connectivity index (χ1v) is 9.86. The van der Waals surface area contributed by atoms with Gasteiger partial charge in [-0.2, -0.15) is 0 Å². The molecule has 27 heavy (non-hydrogen) atoms. The molecule has 2 aliphatic heterocycles. The fourth-order valence-electron chi connectivity index (χ4n) is 3.42. The number of amides is 1. The summed E-state index contributed by atoms with van der Waals surface area (Å²) in [7, 11) is 0. The summed E-state index contributed by atoms with van der Waals surface area (Å²) < 4.78 is 5.43. The third kappa shape index (κ3) is 7.63. The summed E-state index contributed by atoms with van der Waals surface area (Å²) in [5, 5.41) is 0. The predicted octanol–water partition coefficient (Wildman–Crippen LogP) is 2.74. The zero-order valence-corrected chi connectivity index (χ0v) is 20.0. The van der Waals surface area contributed by atoms with Gasteiger partial charge in [0.05, 0.1) is 6.54 Å². The van der Waals surface area contributed by atoms with E-state index in [1.807, 2.05) is 20.8 Å². The van der Waals surface area contributed by atoms with Gasteiger partial charge < -0.3 is 20.3 Å². The molecule has 2 saturated heterocycles. The fraction of sp³-hybridized carbons (Fsp3) is 0.895. The fourth-order valence-corrected chi connectivity index (χ4v) is 3.42. The Morgan fingerprint density at radius 1 is 0.926 bits per heavy atom. The molecule has 2 rings (SSSR count). The zero-order chi connectivity index (χ0) is 19.4. The van der Waals surface area contributed by atoms with Crippen molar-refractivity contribution in [1.82, 2.24) is 14.7 Å². The van der Waals surface area contributed by atoms with Crippen LogP contribution in [0.25, 0.3) is 0 Å². The van der Waals surface area contributed by atoms with Crippen molar-refractivity contribution in [2.24, 2.45) is 10.7 Å². The van der Waals surface area contributed by atoms with Gasteiger partial charge in [0.25, 0.3) is 0 Å². The highest BCUT2D eigenvalue weighted by atomic mass is 127. The van der Waals surface area contributed by atoms with Crippen molar-refractivity contribution in [2.45, 2.75) is 65.0 Å². The van der Waals surface area contributed by atoms with Crippen molar-refractivity contribution in [3.05, 3.63) is 0 Å². The Bertz CT molecular complexity index is 505. The molecule has 8 heteroatoms. The number of guanidine groups is 1. The maximum absolute atomic E-state index is 12.1. The van der Waals surface area contributed by atoms with Gasteiger partial charge >= 0.3 is 6.09 Å². The van der Waals surface area contributed by atoms with E-state index in [1.165, 1.54) is 19.3 Å². The SMILES string of the molecule is CC(C)(C)OC(=O)N1CCN(C(N)=NCC(C)(C)N2CCCCC2)CC1.I. The van der Waals surface area contributed by atoms with Crippen LogP contribution in [0.4, 0.5) is 4.79 Å². The van der Waals surface area contributed by atoms with Crippen molar-refractivity contribution in [3.63, 3.8) is 0 Å². The van der Waals surface area contributed by atoms with Crippen LogP contribution in [-0.2, 0) is 4.74 Å². The van der Waals surface area contributed by atoms with E-state index < -0.39 is 5.60 Å². The second-order valence-electron chi connectivity index (χ2n) is 8.99. The number of aliphatic imine (C=N–C) groups is 1. The van der Waals surface area contributed by atoms with Crippen LogP contribution in [0.3, 0.4) is 0 Å². The van der Waals surface area contributed by atoms with Crippen LogP contribution in [0.5, 0.6) is 0 Å². The molecule has 2 fully saturated rings. The predicted molar refractivity (Wildman–Crippen MR) is 121 cm³/mol. The Kier molecular flexibility index (Phi) is 9.11. The molecule has 7 nitrogen and oxygen atoms in total. The quantitative estimate of drug-likeness (QED) is 0.370. The van der Waals surface area contributed by atoms with Crippen molar-refractivity contribution < 1.29 is 9.53 Å². The molecule has 0 saturated carbocycles. The van der Waals surface area contributed by atoms with Gasteiger partial charge in [0.2, 0.25) is 0 Å². The van der Waals surface area contributed by atoms with Gasteiger partial charge in [-0.05, 0) is 60.5 Å². The van der Waals surface area contributed by atoms with Crippen molar-refractivity contribution in [3.8, 4) is 0 Å². The number of piperidine rings is 1. The first-order valence-electron chi connectivity index (χ1n) is 9.86. The lowest BCUT2D eigenvalue weighted by molar-refractivity contribution is 0.0186. The van der Waals surface area contributed by atoms with Gasteiger partial charge in [-0.1, -0.05) is 6.42 Å². The Morgan fingerprint density at radius 3 is 1.96 bits per heavy atom. The average Bonchev–Trinajstić information content (AvgIpc) is 2.59. The minimum atomic E-state index is -0.464. The van der Waals surface area contributed by atoms with Crippen LogP contribution < -0.4 is 5.73 Å². The minimum absolute atomic E-state index is 0. The second kappa shape index (κ2) is 10.1. The summed E-state index contributed by atoms with van der Waals surface area (Å²) in [6.45, 7) is 15.8.